The van der Waals surface area contributed by atoms with Crippen LogP contribution in [0.2, 0.25) is 15.1 Å². The van der Waals surface area contributed by atoms with E-state index in [1.807, 2.05) is 0 Å². The van der Waals surface area contributed by atoms with Gasteiger partial charge in [-0.15, -0.1) is 0 Å². The highest BCUT2D eigenvalue weighted by Gasteiger charge is 2.33. The molecule has 0 aliphatic carbocycles. The minimum absolute atomic E-state index is 0.191. The highest BCUT2D eigenvalue weighted by atomic mass is 35.5. The van der Waals surface area contributed by atoms with E-state index < -0.39 is 25.9 Å². The molecule has 0 radical (unpaired) electrons. The molecule has 0 saturated heterocycles. The van der Waals surface area contributed by atoms with E-state index in [9.17, 15) is 14.4 Å². The van der Waals surface area contributed by atoms with Crippen molar-refractivity contribution in [2.45, 2.75) is 154 Å². The molecule has 3 rings (SSSR count). The second-order valence-electron chi connectivity index (χ2n) is 15.9. The molecule has 0 saturated carbocycles. The van der Waals surface area contributed by atoms with Crippen LogP contribution in [-0.2, 0) is 32.5 Å². The molecule has 3 aromatic carbocycles. The number of carbonyl (C=O) groups excluding carboxylic acids is 3. The summed E-state index contributed by atoms with van der Waals surface area (Å²) in [5, 5.41) is 10.5. The number of phosphoric ester groups is 1. The largest absolute Gasteiger partial charge is 0.475 e. The van der Waals surface area contributed by atoms with Gasteiger partial charge in [0.05, 0.1) is 37.9 Å². The van der Waals surface area contributed by atoms with E-state index in [1.165, 1.54) is 0 Å². The highest BCUT2D eigenvalue weighted by molar-refractivity contribution is 7.48. The normalized spacial score (nSPS) is 13.8. The Morgan fingerprint density at radius 2 is 0.742 bits per heavy atom. The van der Waals surface area contributed by atoms with Gasteiger partial charge in [0.15, 0.2) is 0 Å². The second kappa shape index (κ2) is 31.0. The van der Waals surface area contributed by atoms with Crippen LogP contribution in [0.15, 0.2) is 72.8 Å². The molecule has 0 bridgehead atoms. The number of benzene rings is 3. The average Bonchev–Trinajstić information content (AvgIpc) is 3.25. The van der Waals surface area contributed by atoms with E-state index in [2.05, 4.69) is 36.7 Å². The van der Waals surface area contributed by atoms with Gasteiger partial charge in [-0.3, -0.25) is 28.0 Å². The lowest BCUT2D eigenvalue weighted by Crippen LogP contribution is -2.33. The highest BCUT2D eigenvalue weighted by Crippen LogP contribution is 2.51. The molecule has 3 atom stereocenters. The van der Waals surface area contributed by atoms with Gasteiger partial charge in [0.2, 0.25) is 17.7 Å². The van der Waals surface area contributed by atoms with Crippen molar-refractivity contribution in [3.8, 4) is 0 Å². The fourth-order valence-electron chi connectivity index (χ4n) is 6.91. The standard InChI is InChI=1S/C48H69Cl3N3O7P/c1-4-7-10-13-16-28-46(55)52-43(37-22-19-25-40(49)31-37)34-59-62(58,60-35-44(38-23-20-26-41(50)32-38)53-47(56)29-17-14-11-8-5-2)61-36-45(39-24-21-27-42(51)33-39)54-48(57)30-18-15-12-9-6-3/h19-27,31-33,43-45H,4-18,28-30,34-36H2,1-3H3,(H,52,55)(H,53,56)(H,54,57). The Balaban J connectivity index is 1.92. The molecule has 0 fully saturated rings. The topological polar surface area (TPSA) is 132 Å². The van der Waals surface area contributed by atoms with Crippen LogP contribution in [0.4, 0.5) is 0 Å². The molecule has 62 heavy (non-hydrogen) atoms. The number of amides is 3. The second-order valence-corrected chi connectivity index (χ2v) is 18.8. The molecular formula is C48H69Cl3N3O7P. The third-order valence-electron chi connectivity index (χ3n) is 10.5. The molecule has 0 aliphatic rings. The van der Waals surface area contributed by atoms with Gasteiger partial charge in [0, 0.05) is 34.3 Å². The third-order valence-corrected chi connectivity index (χ3v) is 12.6. The molecule has 3 amide bonds. The lowest BCUT2D eigenvalue weighted by molar-refractivity contribution is -0.122. The number of phosphoric acid groups is 1. The van der Waals surface area contributed by atoms with Gasteiger partial charge in [-0.05, 0) is 72.4 Å². The Morgan fingerprint density at radius 3 is 1.00 bits per heavy atom. The fraction of sp³-hybridized carbons (Fsp3) is 0.562. The predicted octanol–water partition coefficient (Wildman–Crippen LogP) is 13.8. The maximum atomic E-state index is 15.0. The van der Waals surface area contributed by atoms with Gasteiger partial charge in [0.25, 0.3) is 0 Å². The summed E-state index contributed by atoms with van der Waals surface area (Å²) in [6.45, 7) is 5.50. The van der Waals surface area contributed by atoms with Crippen molar-refractivity contribution in [1.82, 2.24) is 16.0 Å². The molecule has 0 heterocycles. The molecule has 3 N–H and O–H groups in total. The summed E-state index contributed by atoms with van der Waals surface area (Å²) < 4.78 is 33.5. The maximum absolute atomic E-state index is 15.0. The van der Waals surface area contributed by atoms with Gasteiger partial charge in [0.1, 0.15) is 0 Å². The summed E-state index contributed by atoms with van der Waals surface area (Å²) in [5.41, 5.74) is 1.90. The SMILES string of the molecule is CCCCCCCC(=O)NC(COP(=O)(OCC(NC(=O)CCCCCCC)c1cccc(Cl)c1)OCC(NC(=O)CCCCCCC)c1cccc(Cl)c1)c1cccc(Cl)c1. The Kier molecular flexibility index (Phi) is 26.7. The van der Waals surface area contributed by atoms with Gasteiger partial charge in [-0.2, -0.15) is 0 Å². The first-order valence-corrected chi connectivity index (χ1v) is 25.2. The number of hydrogen-bond acceptors (Lipinski definition) is 7. The number of unbranched alkanes of at least 4 members (excludes halogenated alkanes) is 12. The van der Waals surface area contributed by atoms with Crippen molar-refractivity contribution in [2.24, 2.45) is 0 Å². The smallest absolute Gasteiger partial charge is 0.347 e. The molecule has 14 heteroatoms. The first-order valence-electron chi connectivity index (χ1n) is 22.6. The molecule has 0 spiro atoms. The van der Waals surface area contributed by atoms with E-state index in [0.717, 1.165) is 96.3 Å². The Hall–Kier alpha value is -2.95. The summed E-state index contributed by atoms with van der Waals surface area (Å²) in [6, 6.07) is 18.7. The van der Waals surface area contributed by atoms with Crippen molar-refractivity contribution in [3.63, 3.8) is 0 Å². The van der Waals surface area contributed by atoms with Crippen molar-refractivity contribution >= 4 is 60.3 Å². The van der Waals surface area contributed by atoms with E-state index >= 15 is 4.57 Å². The van der Waals surface area contributed by atoms with E-state index in [1.54, 1.807) is 72.8 Å². The van der Waals surface area contributed by atoms with Crippen molar-refractivity contribution < 1.29 is 32.5 Å². The van der Waals surface area contributed by atoms with Crippen LogP contribution in [0.25, 0.3) is 0 Å². The number of halogens is 3. The van der Waals surface area contributed by atoms with Crippen molar-refractivity contribution in [3.05, 3.63) is 105 Å². The molecule has 344 valence electrons. The number of rotatable bonds is 33. The van der Waals surface area contributed by atoms with Crippen LogP contribution >= 0.6 is 42.6 Å². The van der Waals surface area contributed by atoms with Crippen LogP contribution in [0.1, 0.15) is 171 Å². The first kappa shape index (κ1) is 53.4. The quantitative estimate of drug-likeness (QED) is 0.0409. The molecule has 3 unspecified atom stereocenters. The van der Waals surface area contributed by atoms with Crippen LogP contribution in [-0.4, -0.2) is 37.5 Å². The molecule has 0 aromatic heterocycles. The fourth-order valence-corrected chi connectivity index (χ4v) is 8.72. The van der Waals surface area contributed by atoms with Crippen LogP contribution in [0, 0.1) is 0 Å². The van der Waals surface area contributed by atoms with Gasteiger partial charge >= 0.3 is 7.82 Å². The lowest BCUT2D eigenvalue weighted by atomic mass is 10.1. The van der Waals surface area contributed by atoms with Crippen LogP contribution in [0.5, 0.6) is 0 Å². The predicted molar refractivity (Wildman–Crippen MR) is 253 cm³/mol. The number of carbonyl (C=O) groups is 3. The molecule has 0 aliphatic heterocycles. The van der Waals surface area contributed by atoms with Crippen LogP contribution < -0.4 is 16.0 Å². The maximum Gasteiger partial charge on any atom is 0.475 e. The first-order chi connectivity index (χ1) is 29.9. The number of nitrogens with one attached hydrogen (secondary N) is 3. The van der Waals surface area contributed by atoms with E-state index in [-0.39, 0.29) is 37.5 Å². The molecular weight excluding hydrogens is 868 g/mol. The monoisotopic (exact) mass is 935 g/mol. The average molecular weight is 937 g/mol. The van der Waals surface area contributed by atoms with Gasteiger partial charge < -0.3 is 16.0 Å². The summed E-state index contributed by atoms with van der Waals surface area (Å²) in [5.74, 6) is -0.573. The van der Waals surface area contributed by atoms with E-state index in [4.69, 9.17) is 48.4 Å². The summed E-state index contributed by atoms with van der Waals surface area (Å²) >= 11 is 19.2. The Morgan fingerprint density at radius 1 is 0.468 bits per heavy atom. The van der Waals surface area contributed by atoms with Crippen molar-refractivity contribution in [1.29, 1.82) is 0 Å². The summed E-state index contributed by atoms with van der Waals surface area (Å²) in [7, 11) is -4.56. The molecule has 10 nitrogen and oxygen atoms in total. The zero-order valence-electron chi connectivity index (χ0n) is 36.9. The van der Waals surface area contributed by atoms with Gasteiger partial charge in [-0.1, -0.05) is 169 Å². The Labute approximate surface area is 385 Å². The minimum Gasteiger partial charge on any atom is -0.347 e. The number of hydrogen-bond donors (Lipinski definition) is 3. The Bertz CT molecular complexity index is 1620. The zero-order valence-corrected chi connectivity index (χ0v) is 40.1. The lowest BCUT2D eigenvalue weighted by Gasteiger charge is -2.27. The minimum atomic E-state index is -4.56. The van der Waals surface area contributed by atoms with Crippen LogP contribution in [0.3, 0.4) is 0 Å². The van der Waals surface area contributed by atoms with E-state index in [0.29, 0.717) is 51.0 Å². The molecule has 3 aromatic rings. The summed E-state index contributed by atoms with van der Waals surface area (Å²) in [4.78, 5) is 39.9. The summed E-state index contributed by atoms with van der Waals surface area (Å²) in [6.07, 6.45) is 15.7. The van der Waals surface area contributed by atoms with Gasteiger partial charge in [-0.25, -0.2) is 4.57 Å². The zero-order chi connectivity index (χ0) is 45.0. The van der Waals surface area contributed by atoms with Crippen molar-refractivity contribution in [2.75, 3.05) is 19.8 Å². The third kappa shape index (κ3) is 22.1.